The van der Waals surface area contributed by atoms with E-state index in [9.17, 15) is 0 Å². The van der Waals surface area contributed by atoms with Crippen LogP contribution in [0.4, 0.5) is 0 Å². The second-order valence-electron chi connectivity index (χ2n) is 6.49. The van der Waals surface area contributed by atoms with E-state index in [1.807, 2.05) is 0 Å². The van der Waals surface area contributed by atoms with Gasteiger partial charge in [0.15, 0.2) is 0 Å². The molecule has 1 aliphatic heterocycles. The highest BCUT2D eigenvalue weighted by atomic mass is 15.2. The first-order valence-corrected chi connectivity index (χ1v) is 7.86. The number of hydrogen-bond donors (Lipinski definition) is 1. The van der Waals surface area contributed by atoms with Gasteiger partial charge in [-0.1, -0.05) is 25.7 Å². The van der Waals surface area contributed by atoms with Gasteiger partial charge in [0.2, 0.25) is 0 Å². The summed E-state index contributed by atoms with van der Waals surface area (Å²) in [4.78, 5) is 2.83. The molecule has 2 N–H and O–H groups in total. The molecule has 0 aromatic carbocycles. The molecule has 0 bridgehead atoms. The fourth-order valence-electron chi connectivity index (χ4n) is 4.79. The molecule has 3 atom stereocenters. The Kier molecular flexibility index (Phi) is 3.72. The summed E-state index contributed by atoms with van der Waals surface area (Å²) < 4.78 is 0. The maximum absolute atomic E-state index is 6.11. The van der Waals surface area contributed by atoms with Crippen molar-refractivity contribution in [2.24, 2.45) is 17.6 Å². The maximum Gasteiger partial charge on any atom is 0.0249 e. The molecule has 0 spiro atoms. The summed E-state index contributed by atoms with van der Waals surface area (Å²) >= 11 is 0. The third-order valence-electron chi connectivity index (χ3n) is 5.66. The molecule has 3 aliphatic rings. The first-order chi connectivity index (χ1) is 8.40. The van der Waals surface area contributed by atoms with Crippen molar-refractivity contribution in [2.45, 2.75) is 69.9 Å². The molecule has 0 aromatic heterocycles. The number of nitrogens with two attached hydrogens (primary N) is 1. The Hall–Kier alpha value is -0.0800. The fourth-order valence-corrected chi connectivity index (χ4v) is 4.79. The molecule has 3 fully saturated rings. The monoisotopic (exact) mass is 236 g/mol. The van der Waals surface area contributed by atoms with Crippen LogP contribution in [0.5, 0.6) is 0 Å². The van der Waals surface area contributed by atoms with Crippen LogP contribution in [0, 0.1) is 11.8 Å². The second-order valence-corrected chi connectivity index (χ2v) is 6.49. The molecule has 2 nitrogen and oxygen atoms in total. The SMILES string of the molecule is NCC(C1CCCC1)N1CCC2CCCCC21. The second kappa shape index (κ2) is 5.27. The summed E-state index contributed by atoms with van der Waals surface area (Å²) in [5.74, 6) is 1.93. The molecule has 3 unspecified atom stereocenters. The van der Waals surface area contributed by atoms with E-state index in [0.717, 1.165) is 24.4 Å². The van der Waals surface area contributed by atoms with E-state index in [1.165, 1.54) is 64.3 Å². The Morgan fingerprint density at radius 3 is 2.41 bits per heavy atom. The van der Waals surface area contributed by atoms with E-state index in [-0.39, 0.29) is 0 Å². The smallest absolute Gasteiger partial charge is 0.0249 e. The van der Waals surface area contributed by atoms with Crippen LogP contribution in [0.3, 0.4) is 0 Å². The van der Waals surface area contributed by atoms with Crippen LogP contribution in [0.25, 0.3) is 0 Å². The highest BCUT2D eigenvalue weighted by Crippen LogP contribution is 2.40. The lowest BCUT2D eigenvalue weighted by molar-refractivity contribution is 0.0997. The zero-order valence-corrected chi connectivity index (χ0v) is 11.1. The summed E-state index contributed by atoms with van der Waals surface area (Å²) in [6.45, 7) is 2.24. The van der Waals surface area contributed by atoms with Crippen LogP contribution in [0.15, 0.2) is 0 Å². The van der Waals surface area contributed by atoms with E-state index < -0.39 is 0 Å². The van der Waals surface area contributed by atoms with Crippen LogP contribution in [-0.4, -0.2) is 30.1 Å². The molecule has 0 amide bonds. The number of rotatable bonds is 3. The zero-order valence-electron chi connectivity index (χ0n) is 11.1. The maximum atomic E-state index is 6.11. The average Bonchev–Trinajstić information content (AvgIpc) is 3.01. The van der Waals surface area contributed by atoms with Gasteiger partial charge >= 0.3 is 0 Å². The zero-order chi connectivity index (χ0) is 11.7. The van der Waals surface area contributed by atoms with Crippen molar-refractivity contribution in [3.8, 4) is 0 Å². The summed E-state index contributed by atoms with van der Waals surface area (Å²) in [7, 11) is 0. The van der Waals surface area contributed by atoms with Crippen molar-refractivity contribution in [1.82, 2.24) is 4.90 Å². The normalized spacial score (nSPS) is 37.2. The Labute approximate surface area is 106 Å². The van der Waals surface area contributed by atoms with E-state index >= 15 is 0 Å². The van der Waals surface area contributed by atoms with Crippen molar-refractivity contribution in [3.05, 3.63) is 0 Å². The molecule has 0 aromatic rings. The predicted octanol–water partition coefficient (Wildman–Crippen LogP) is 2.77. The third kappa shape index (κ3) is 2.26. The summed E-state index contributed by atoms with van der Waals surface area (Å²) in [6, 6.07) is 1.61. The molecule has 17 heavy (non-hydrogen) atoms. The molecule has 1 heterocycles. The topological polar surface area (TPSA) is 29.3 Å². The highest BCUT2D eigenvalue weighted by molar-refractivity contribution is 4.95. The van der Waals surface area contributed by atoms with E-state index in [2.05, 4.69) is 4.90 Å². The van der Waals surface area contributed by atoms with Gasteiger partial charge in [0, 0.05) is 18.6 Å². The summed E-state index contributed by atoms with van der Waals surface area (Å²) in [5, 5.41) is 0. The lowest BCUT2D eigenvalue weighted by Crippen LogP contribution is -2.49. The van der Waals surface area contributed by atoms with Crippen molar-refractivity contribution in [1.29, 1.82) is 0 Å². The van der Waals surface area contributed by atoms with Crippen molar-refractivity contribution in [2.75, 3.05) is 13.1 Å². The molecular formula is C15H28N2. The lowest BCUT2D eigenvalue weighted by atomic mass is 9.84. The molecule has 2 aliphatic carbocycles. The van der Waals surface area contributed by atoms with Crippen LogP contribution in [0.2, 0.25) is 0 Å². The quantitative estimate of drug-likeness (QED) is 0.816. The van der Waals surface area contributed by atoms with Gasteiger partial charge in [-0.25, -0.2) is 0 Å². The molecule has 1 saturated heterocycles. The number of likely N-dealkylation sites (tertiary alicyclic amines) is 1. The Bertz CT molecular complexity index is 247. The van der Waals surface area contributed by atoms with Crippen molar-refractivity contribution >= 4 is 0 Å². The minimum absolute atomic E-state index is 0.714. The largest absolute Gasteiger partial charge is 0.329 e. The number of fused-ring (bicyclic) bond motifs is 1. The van der Waals surface area contributed by atoms with E-state index in [4.69, 9.17) is 5.73 Å². The third-order valence-corrected chi connectivity index (χ3v) is 5.66. The van der Waals surface area contributed by atoms with Crippen LogP contribution in [0.1, 0.15) is 57.8 Å². The highest BCUT2D eigenvalue weighted by Gasteiger charge is 2.41. The van der Waals surface area contributed by atoms with Crippen LogP contribution < -0.4 is 5.73 Å². The summed E-state index contributed by atoms with van der Waals surface area (Å²) in [5.41, 5.74) is 6.11. The van der Waals surface area contributed by atoms with Gasteiger partial charge in [0.05, 0.1) is 0 Å². The number of nitrogens with zero attached hydrogens (tertiary/aromatic N) is 1. The standard InChI is InChI=1S/C15H28N2/c16-11-15(12-5-1-2-6-12)17-10-9-13-7-3-4-8-14(13)17/h12-15H,1-11,16H2. The number of hydrogen-bond acceptors (Lipinski definition) is 2. The first kappa shape index (κ1) is 12.0. The van der Waals surface area contributed by atoms with Crippen LogP contribution >= 0.6 is 0 Å². The predicted molar refractivity (Wildman–Crippen MR) is 71.9 cm³/mol. The van der Waals surface area contributed by atoms with Crippen LogP contribution in [-0.2, 0) is 0 Å². The van der Waals surface area contributed by atoms with Gasteiger partial charge in [-0.2, -0.15) is 0 Å². The van der Waals surface area contributed by atoms with Gasteiger partial charge in [0.25, 0.3) is 0 Å². The molecule has 0 radical (unpaired) electrons. The Balaban J connectivity index is 1.68. The van der Waals surface area contributed by atoms with Gasteiger partial charge in [-0.05, 0) is 50.5 Å². The van der Waals surface area contributed by atoms with Crippen molar-refractivity contribution in [3.63, 3.8) is 0 Å². The minimum Gasteiger partial charge on any atom is -0.329 e. The van der Waals surface area contributed by atoms with E-state index in [1.54, 1.807) is 0 Å². The molecule has 2 heteroatoms. The Morgan fingerprint density at radius 1 is 0.941 bits per heavy atom. The molecular weight excluding hydrogens is 208 g/mol. The molecule has 98 valence electrons. The van der Waals surface area contributed by atoms with Gasteiger partial charge in [-0.3, -0.25) is 4.90 Å². The van der Waals surface area contributed by atoms with Gasteiger partial charge in [0.1, 0.15) is 0 Å². The van der Waals surface area contributed by atoms with Crippen molar-refractivity contribution < 1.29 is 0 Å². The lowest BCUT2D eigenvalue weighted by Gasteiger charge is -2.39. The fraction of sp³-hybridized carbons (Fsp3) is 1.00. The summed E-state index contributed by atoms with van der Waals surface area (Å²) in [6.07, 6.45) is 13.1. The molecule has 3 rings (SSSR count). The average molecular weight is 236 g/mol. The minimum atomic E-state index is 0.714. The van der Waals surface area contributed by atoms with Gasteiger partial charge < -0.3 is 5.73 Å². The Morgan fingerprint density at radius 2 is 1.65 bits per heavy atom. The first-order valence-electron chi connectivity index (χ1n) is 7.86. The molecule has 2 saturated carbocycles. The van der Waals surface area contributed by atoms with Gasteiger partial charge in [-0.15, -0.1) is 0 Å². The van der Waals surface area contributed by atoms with E-state index in [0.29, 0.717) is 6.04 Å².